The fourth-order valence-electron chi connectivity index (χ4n) is 1.84. The number of aromatic amines is 1. The van der Waals surface area contributed by atoms with Crippen molar-refractivity contribution in [2.75, 3.05) is 0 Å². The van der Waals surface area contributed by atoms with Crippen molar-refractivity contribution in [3.8, 4) is 5.75 Å². The van der Waals surface area contributed by atoms with Crippen LogP contribution in [0, 0.1) is 0 Å². The number of benzene rings is 1. The molecule has 0 saturated heterocycles. The lowest BCUT2D eigenvalue weighted by atomic mass is 10.1. The number of rotatable bonds is 2. The van der Waals surface area contributed by atoms with Gasteiger partial charge in [0.15, 0.2) is 5.82 Å². The minimum absolute atomic E-state index is 0.139. The van der Waals surface area contributed by atoms with Crippen molar-refractivity contribution in [1.82, 2.24) is 20.6 Å². The van der Waals surface area contributed by atoms with Gasteiger partial charge in [0.2, 0.25) is 0 Å². The normalized spacial score (nSPS) is 18.5. The number of ether oxygens (including phenoxy) is 1. The van der Waals surface area contributed by atoms with E-state index in [-0.39, 0.29) is 6.10 Å². The molecule has 1 aliphatic heterocycles. The van der Waals surface area contributed by atoms with E-state index in [0.717, 1.165) is 12.2 Å². The molecule has 0 saturated carbocycles. The topological polar surface area (TPSA) is 63.7 Å². The molecular formula is C10H10N4O. The van der Waals surface area contributed by atoms with Crippen LogP contribution in [0.15, 0.2) is 24.3 Å². The van der Waals surface area contributed by atoms with E-state index in [0.29, 0.717) is 12.2 Å². The standard InChI is InChI=1S/C10H10N4O/c1-2-4-9-7(3-1)5-8(15-9)6-10-11-13-14-12-10/h1-4,8H,5-6H2,(H,11,12,13,14). The maximum absolute atomic E-state index is 5.76. The summed E-state index contributed by atoms with van der Waals surface area (Å²) in [6.07, 6.45) is 1.76. The van der Waals surface area contributed by atoms with E-state index in [2.05, 4.69) is 26.7 Å². The molecule has 76 valence electrons. The van der Waals surface area contributed by atoms with Gasteiger partial charge in [0, 0.05) is 12.8 Å². The Morgan fingerprint density at radius 2 is 2.33 bits per heavy atom. The highest BCUT2D eigenvalue weighted by Crippen LogP contribution is 2.28. The van der Waals surface area contributed by atoms with E-state index in [4.69, 9.17) is 4.74 Å². The molecule has 1 N–H and O–H groups in total. The smallest absolute Gasteiger partial charge is 0.178 e. The van der Waals surface area contributed by atoms with Crippen molar-refractivity contribution in [2.24, 2.45) is 0 Å². The molecule has 0 fully saturated rings. The van der Waals surface area contributed by atoms with Crippen molar-refractivity contribution in [3.05, 3.63) is 35.7 Å². The molecule has 15 heavy (non-hydrogen) atoms. The average molecular weight is 202 g/mol. The molecule has 5 nitrogen and oxygen atoms in total. The molecule has 1 aromatic heterocycles. The third-order valence-corrected chi connectivity index (χ3v) is 2.51. The second-order valence-electron chi connectivity index (χ2n) is 3.58. The molecule has 0 spiro atoms. The first kappa shape index (κ1) is 8.40. The molecule has 0 aliphatic carbocycles. The Labute approximate surface area is 86.5 Å². The fourth-order valence-corrected chi connectivity index (χ4v) is 1.84. The van der Waals surface area contributed by atoms with E-state index in [1.165, 1.54) is 5.56 Å². The summed E-state index contributed by atoms with van der Waals surface area (Å²) in [4.78, 5) is 0. The molecule has 5 heteroatoms. The second kappa shape index (κ2) is 3.34. The Balaban J connectivity index is 1.74. The molecule has 1 unspecified atom stereocenters. The summed E-state index contributed by atoms with van der Waals surface area (Å²) in [7, 11) is 0. The third-order valence-electron chi connectivity index (χ3n) is 2.51. The zero-order valence-corrected chi connectivity index (χ0v) is 8.05. The van der Waals surface area contributed by atoms with Gasteiger partial charge in [0.05, 0.1) is 0 Å². The van der Waals surface area contributed by atoms with E-state index in [1.807, 2.05) is 18.2 Å². The van der Waals surface area contributed by atoms with Crippen molar-refractivity contribution in [2.45, 2.75) is 18.9 Å². The van der Waals surface area contributed by atoms with Crippen LogP contribution in [0.3, 0.4) is 0 Å². The van der Waals surface area contributed by atoms with Gasteiger partial charge in [0.25, 0.3) is 0 Å². The SMILES string of the molecule is c1ccc2c(c1)CC(Cc1nn[nH]n1)O2. The van der Waals surface area contributed by atoms with Gasteiger partial charge in [-0.1, -0.05) is 23.4 Å². The largest absolute Gasteiger partial charge is 0.489 e. The highest BCUT2D eigenvalue weighted by molar-refractivity contribution is 5.37. The Morgan fingerprint density at radius 3 is 3.13 bits per heavy atom. The van der Waals surface area contributed by atoms with Crippen LogP contribution in [0.2, 0.25) is 0 Å². The summed E-state index contributed by atoms with van der Waals surface area (Å²) in [5.41, 5.74) is 1.26. The molecule has 3 rings (SSSR count). The number of aromatic nitrogens is 4. The molecule has 1 atom stereocenters. The number of hydrogen-bond acceptors (Lipinski definition) is 4. The number of nitrogens with zero attached hydrogens (tertiary/aromatic N) is 3. The molecule has 2 heterocycles. The summed E-state index contributed by atoms with van der Waals surface area (Å²) in [6, 6.07) is 8.09. The van der Waals surface area contributed by atoms with Gasteiger partial charge in [-0.25, -0.2) is 0 Å². The van der Waals surface area contributed by atoms with E-state index in [1.54, 1.807) is 0 Å². The van der Waals surface area contributed by atoms with Crippen LogP contribution in [-0.2, 0) is 12.8 Å². The predicted octanol–water partition coefficient (Wildman–Crippen LogP) is 0.746. The molecule has 0 amide bonds. The van der Waals surface area contributed by atoms with Gasteiger partial charge >= 0.3 is 0 Å². The van der Waals surface area contributed by atoms with Gasteiger partial charge in [-0.3, -0.25) is 0 Å². The lowest BCUT2D eigenvalue weighted by Crippen LogP contribution is -2.17. The summed E-state index contributed by atoms with van der Waals surface area (Å²) < 4.78 is 5.76. The van der Waals surface area contributed by atoms with E-state index >= 15 is 0 Å². The number of nitrogens with one attached hydrogen (secondary N) is 1. The van der Waals surface area contributed by atoms with Crippen LogP contribution in [0.4, 0.5) is 0 Å². The highest BCUT2D eigenvalue weighted by atomic mass is 16.5. The molecule has 1 aromatic carbocycles. The van der Waals surface area contributed by atoms with Crippen LogP contribution in [0.25, 0.3) is 0 Å². The first-order chi connectivity index (χ1) is 7.42. The summed E-state index contributed by atoms with van der Waals surface area (Å²) in [5, 5.41) is 13.8. The zero-order chi connectivity index (χ0) is 10.1. The minimum Gasteiger partial charge on any atom is -0.489 e. The number of tetrazole rings is 1. The maximum atomic E-state index is 5.76. The lowest BCUT2D eigenvalue weighted by molar-refractivity contribution is 0.230. The fraction of sp³-hybridized carbons (Fsp3) is 0.300. The van der Waals surface area contributed by atoms with Gasteiger partial charge in [-0.05, 0) is 11.6 Å². The van der Waals surface area contributed by atoms with Crippen LogP contribution in [0.1, 0.15) is 11.4 Å². The number of para-hydroxylation sites is 1. The minimum atomic E-state index is 0.139. The van der Waals surface area contributed by atoms with Crippen molar-refractivity contribution in [1.29, 1.82) is 0 Å². The lowest BCUT2D eigenvalue weighted by Gasteiger charge is -2.06. The summed E-state index contributed by atoms with van der Waals surface area (Å²) >= 11 is 0. The first-order valence-corrected chi connectivity index (χ1v) is 4.89. The Hall–Kier alpha value is -1.91. The zero-order valence-electron chi connectivity index (χ0n) is 8.05. The quantitative estimate of drug-likeness (QED) is 0.780. The second-order valence-corrected chi connectivity index (χ2v) is 3.58. The molecule has 1 aliphatic rings. The molecule has 0 radical (unpaired) electrons. The van der Waals surface area contributed by atoms with E-state index in [9.17, 15) is 0 Å². The van der Waals surface area contributed by atoms with Gasteiger partial charge in [-0.2, -0.15) is 5.21 Å². The molecule has 0 bridgehead atoms. The van der Waals surface area contributed by atoms with Crippen molar-refractivity contribution < 1.29 is 4.74 Å². The maximum Gasteiger partial charge on any atom is 0.178 e. The van der Waals surface area contributed by atoms with Crippen LogP contribution >= 0.6 is 0 Å². The average Bonchev–Trinajstić information content (AvgIpc) is 2.86. The Kier molecular flexibility index (Phi) is 1.87. The number of hydrogen-bond donors (Lipinski definition) is 1. The van der Waals surface area contributed by atoms with Crippen molar-refractivity contribution in [3.63, 3.8) is 0 Å². The highest BCUT2D eigenvalue weighted by Gasteiger charge is 2.23. The number of fused-ring (bicyclic) bond motifs is 1. The first-order valence-electron chi connectivity index (χ1n) is 4.89. The van der Waals surface area contributed by atoms with Crippen molar-refractivity contribution >= 4 is 0 Å². The van der Waals surface area contributed by atoms with Crippen LogP contribution in [0.5, 0.6) is 5.75 Å². The predicted molar refractivity (Wildman–Crippen MR) is 52.4 cm³/mol. The third kappa shape index (κ3) is 1.56. The van der Waals surface area contributed by atoms with Crippen LogP contribution < -0.4 is 4.74 Å². The molecular weight excluding hydrogens is 192 g/mol. The van der Waals surface area contributed by atoms with E-state index < -0.39 is 0 Å². The Bertz CT molecular complexity index is 426. The Morgan fingerprint density at radius 1 is 1.40 bits per heavy atom. The van der Waals surface area contributed by atoms with Gasteiger partial charge in [0.1, 0.15) is 11.9 Å². The van der Waals surface area contributed by atoms with Crippen LogP contribution in [-0.4, -0.2) is 26.7 Å². The summed E-state index contributed by atoms with van der Waals surface area (Å²) in [5.74, 6) is 1.68. The van der Waals surface area contributed by atoms with Gasteiger partial charge in [-0.15, -0.1) is 10.2 Å². The monoisotopic (exact) mass is 202 g/mol. The molecule has 2 aromatic rings. The van der Waals surface area contributed by atoms with Gasteiger partial charge < -0.3 is 4.74 Å². The number of H-pyrrole nitrogens is 1. The summed E-state index contributed by atoms with van der Waals surface area (Å²) in [6.45, 7) is 0.